The monoisotopic (exact) mass is 517 g/mol. The lowest BCUT2D eigenvalue weighted by Gasteiger charge is -2.47. The van der Waals surface area contributed by atoms with Crippen LogP contribution in [-0.2, 0) is 14.4 Å². The number of carboxylic acids is 2. The predicted molar refractivity (Wildman–Crippen MR) is 110 cm³/mol. The zero-order valence-electron chi connectivity index (χ0n) is 18.5. The highest BCUT2D eigenvalue weighted by Crippen LogP contribution is 2.33. The third kappa shape index (κ3) is 8.99. The summed E-state index contributed by atoms with van der Waals surface area (Å²) in [6.07, 6.45) is -9.12. The molecule has 1 amide bonds. The zero-order valence-corrected chi connectivity index (χ0v) is 18.5. The molecule has 1 atom stereocenters. The number of rotatable bonds is 3. The van der Waals surface area contributed by atoms with Crippen molar-refractivity contribution in [2.75, 3.05) is 51.3 Å². The van der Waals surface area contributed by atoms with Gasteiger partial charge in [-0.3, -0.25) is 14.6 Å². The van der Waals surface area contributed by atoms with Crippen molar-refractivity contribution in [1.82, 2.24) is 9.80 Å². The first-order valence-electron chi connectivity index (χ1n) is 10.0. The lowest BCUT2D eigenvalue weighted by molar-refractivity contribution is -0.193. The fourth-order valence-electron chi connectivity index (χ4n) is 3.52. The molecule has 2 aliphatic heterocycles. The highest BCUT2D eigenvalue weighted by atomic mass is 19.4. The minimum absolute atomic E-state index is 0.0128. The molecule has 15 heteroatoms. The number of anilines is 1. The van der Waals surface area contributed by atoms with Gasteiger partial charge in [-0.05, 0) is 25.6 Å². The zero-order chi connectivity index (χ0) is 27.0. The maximum absolute atomic E-state index is 12.4. The van der Waals surface area contributed by atoms with Crippen LogP contribution in [0.4, 0.5) is 32.0 Å². The van der Waals surface area contributed by atoms with Crippen molar-refractivity contribution in [3.8, 4) is 0 Å². The van der Waals surface area contributed by atoms with Gasteiger partial charge in [-0.25, -0.2) is 9.59 Å². The van der Waals surface area contributed by atoms with Crippen molar-refractivity contribution in [3.05, 3.63) is 30.3 Å². The largest absolute Gasteiger partial charge is 0.490 e. The highest BCUT2D eigenvalue weighted by molar-refractivity contribution is 5.96. The number of carboxylic acid groups (broad SMARTS) is 2. The van der Waals surface area contributed by atoms with Crippen molar-refractivity contribution in [3.63, 3.8) is 0 Å². The van der Waals surface area contributed by atoms with E-state index in [0.717, 1.165) is 38.3 Å². The number of amides is 1. The van der Waals surface area contributed by atoms with Gasteiger partial charge in [0.15, 0.2) is 0 Å². The average molecular weight is 517 g/mol. The molecule has 0 bridgehead atoms. The van der Waals surface area contributed by atoms with Crippen LogP contribution < -0.4 is 4.90 Å². The molecule has 1 aromatic rings. The summed E-state index contributed by atoms with van der Waals surface area (Å²) in [4.78, 5) is 36.6. The van der Waals surface area contributed by atoms with E-state index in [2.05, 4.69) is 9.80 Å². The number of aliphatic hydroxyl groups is 1. The number of hydrogen-bond donors (Lipinski definition) is 3. The SMILES string of the molecule is CN1CC(=O)N(c2ccccc2)CC12CCN(CCO)C2.O=C(O)C(F)(F)F.O=C(O)C(F)(F)F. The topological polar surface area (TPSA) is 122 Å². The number of halogens is 6. The number of aliphatic hydroxyl groups excluding tert-OH is 1. The van der Waals surface area contributed by atoms with Gasteiger partial charge in [0.2, 0.25) is 5.91 Å². The van der Waals surface area contributed by atoms with Gasteiger partial charge >= 0.3 is 24.3 Å². The summed E-state index contributed by atoms with van der Waals surface area (Å²) in [6, 6.07) is 9.91. The molecule has 2 saturated heterocycles. The van der Waals surface area contributed by atoms with Crippen molar-refractivity contribution in [1.29, 1.82) is 0 Å². The second-order valence-electron chi connectivity index (χ2n) is 7.75. The molecule has 3 N–H and O–H groups in total. The maximum Gasteiger partial charge on any atom is 0.490 e. The minimum Gasteiger partial charge on any atom is -0.475 e. The van der Waals surface area contributed by atoms with Gasteiger partial charge in [-0.2, -0.15) is 26.3 Å². The Balaban J connectivity index is 0.000000362. The average Bonchev–Trinajstić information content (AvgIpc) is 3.15. The highest BCUT2D eigenvalue weighted by Gasteiger charge is 2.47. The lowest BCUT2D eigenvalue weighted by atomic mass is 9.92. The first-order chi connectivity index (χ1) is 16.0. The quantitative estimate of drug-likeness (QED) is 0.518. The molecule has 198 valence electrons. The van der Waals surface area contributed by atoms with Gasteiger partial charge in [0.25, 0.3) is 0 Å². The summed E-state index contributed by atoms with van der Waals surface area (Å²) in [6.45, 7) is 4.01. The van der Waals surface area contributed by atoms with Crippen LogP contribution in [0.2, 0.25) is 0 Å². The Hall–Kier alpha value is -2.91. The van der Waals surface area contributed by atoms with Crippen LogP contribution in [0.25, 0.3) is 0 Å². The second-order valence-corrected chi connectivity index (χ2v) is 7.75. The van der Waals surface area contributed by atoms with E-state index in [1.165, 1.54) is 0 Å². The number of alkyl halides is 6. The van der Waals surface area contributed by atoms with Gasteiger partial charge < -0.3 is 20.2 Å². The number of carbonyl (C=O) groups excluding carboxylic acids is 1. The van der Waals surface area contributed by atoms with Gasteiger partial charge in [-0.1, -0.05) is 18.2 Å². The third-order valence-electron chi connectivity index (χ3n) is 5.32. The number of nitrogens with zero attached hydrogens (tertiary/aromatic N) is 3. The van der Waals surface area contributed by atoms with Gasteiger partial charge in [0.05, 0.1) is 18.7 Å². The first kappa shape index (κ1) is 30.1. The van der Waals surface area contributed by atoms with Gasteiger partial charge in [0.1, 0.15) is 0 Å². The molecule has 0 saturated carbocycles. The third-order valence-corrected chi connectivity index (χ3v) is 5.32. The molecule has 1 unspecified atom stereocenters. The summed E-state index contributed by atoms with van der Waals surface area (Å²) >= 11 is 0. The molecule has 2 heterocycles. The van der Waals surface area contributed by atoms with Crippen molar-refractivity contribution >= 4 is 23.5 Å². The number of likely N-dealkylation sites (tertiary alicyclic amines) is 1. The van der Waals surface area contributed by atoms with Crippen LogP contribution >= 0.6 is 0 Å². The second kappa shape index (κ2) is 12.2. The smallest absolute Gasteiger partial charge is 0.475 e. The van der Waals surface area contributed by atoms with E-state index >= 15 is 0 Å². The Kier molecular flexibility index (Phi) is 10.5. The number of aliphatic carboxylic acids is 2. The van der Waals surface area contributed by atoms with E-state index in [0.29, 0.717) is 6.54 Å². The Bertz CT molecular complexity index is 843. The summed E-state index contributed by atoms with van der Waals surface area (Å²) in [5.41, 5.74) is 0.995. The Morgan fingerprint density at radius 2 is 1.46 bits per heavy atom. The number of carbonyl (C=O) groups is 3. The van der Waals surface area contributed by atoms with Gasteiger partial charge in [0, 0.05) is 31.9 Å². The first-order valence-corrected chi connectivity index (χ1v) is 10.0. The number of β-amino-alcohol motifs (C(OH)–C–C–N with tert-alkyl or cyclic N) is 1. The Morgan fingerprint density at radius 3 is 1.89 bits per heavy atom. The molecule has 1 aromatic carbocycles. The van der Waals surface area contributed by atoms with Crippen molar-refractivity contribution in [2.24, 2.45) is 0 Å². The predicted octanol–water partition coefficient (Wildman–Crippen LogP) is 1.67. The Morgan fingerprint density at radius 1 is 0.971 bits per heavy atom. The summed E-state index contributed by atoms with van der Waals surface area (Å²) in [7, 11) is 2.04. The molecule has 9 nitrogen and oxygen atoms in total. The van der Waals surface area contributed by atoms with E-state index in [9.17, 15) is 31.1 Å². The minimum atomic E-state index is -5.08. The standard InChI is InChI=1S/C16H23N3O2.2C2HF3O2/c1-17-11-15(21)19(14-5-3-2-4-6-14)13-16(17)7-8-18(12-16)9-10-20;2*3-2(4,5)1(6)7/h2-6,20H,7-13H2,1H3;2*(H,6,7). The molecule has 0 radical (unpaired) electrons. The van der Waals surface area contributed by atoms with Crippen molar-refractivity contribution < 1.29 is 56.0 Å². The van der Waals surface area contributed by atoms with Crippen LogP contribution in [-0.4, -0.2) is 107 Å². The maximum atomic E-state index is 12.4. The van der Waals surface area contributed by atoms with Crippen LogP contribution in [0, 0.1) is 0 Å². The molecule has 0 aromatic heterocycles. The van der Waals surface area contributed by atoms with E-state index < -0.39 is 24.3 Å². The van der Waals surface area contributed by atoms with Crippen LogP contribution in [0.5, 0.6) is 0 Å². The number of para-hydroxylation sites is 1. The van der Waals surface area contributed by atoms with E-state index in [1.54, 1.807) is 0 Å². The van der Waals surface area contributed by atoms with E-state index in [-0.39, 0.29) is 18.1 Å². The van der Waals surface area contributed by atoms with Crippen LogP contribution in [0.3, 0.4) is 0 Å². The molecular formula is C20H25F6N3O6. The molecule has 0 aliphatic carbocycles. The molecule has 2 fully saturated rings. The number of piperazine rings is 1. The van der Waals surface area contributed by atoms with E-state index in [1.807, 2.05) is 42.3 Å². The molecule has 3 rings (SSSR count). The molecule has 35 heavy (non-hydrogen) atoms. The van der Waals surface area contributed by atoms with Crippen LogP contribution in [0.1, 0.15) is 6.42 Å². The Labute approximate surface area is 196 Å². The van der Waals surface area contributed by atoms with Crippen molar-refractivity contribution in [2.45, 2.75) is 24.3 Å². The number of hydrogen-bond acceptors (Lipinski definition) is 6. The number of likely N-dealkylation sites (N-methyl/N-ethyl adjacent to an activating group) is 1. The molecule has 1 spiro atoms. The molecule has 2 aliphatic rings. The lowest BCUT2D eigenvalue weighted by Crippen LogP contribution is -2.64. The normalized spacial score (nSPS) is 21.1. The van der Waals surface area contributed by atoms with Gasteiger partial charge in [-0.15, -0.1) is 0 Å². The summed E-state index contributed by atoms with van der Waals surface area (Å²) in [5, 5.41) is 23.4. The number of benzene rings is 1. The fraction of sp³-hybridized carbons (Fsp3) is 0.550. The van der Waals surface area contributed by atoms with E-state index in [4.69, 9.17) is 24.9 Å². The summed E-state index contributed by atoms with van der Waals surface area (Å²) < 4.78 is 63.5. The molecular weight excluding hydrogens is 492 g/mol. The summed E-state index contributed by atoms with van der Waals surface area (Å²) in [5.74, 6) is -5.35. The fourth-order valence-corrected chi connectivity index (χ4v) is 3.52. The van der Waals surface area contributed by atoms with Crippen LogP contribution in [0.15, 0.2) is 30.3 Å².